The number of hydrogen-bond acceptors (Lipinski definition) is 4. The first-order valence-electron chi connectivity index (χ1n) is 6.57. The lowest BCUT2D eigenvalue weighted by Crippen LogP contribution is -2.53. The molecule has 1 aliphatic heterocycles. The van der Waals surface area contributed by atoms with Crippen LogP contribution in [0.4, 0.5) is 4.79 Å². The molecule has 0 aromatic carbocycles. The number of rotatable bonds is 2. The molecule has 0 saturated carbocycles. The molecule has 1 rings (SSSR count). The lowest BCUT2D eigenvalue weighted by atomic mass is 9.92. The minimum Gasteiger partial charge on any atom is -0.444 e. The number of aliphatic hydroxyl groups excluding tert-OH is 1. The Bertz CT molecular complexity index is 288. The number of nitrogens with one attached hydrogen (secondary N) is 1. The second kappa shape index (κ2) is 5.89. The van der Waals surface area contributed by atoms with Gasteiger partial charge in [0.1, 0.15) is 5.60 Å². The van der Waals surface area contributed by atoms with Crippen LogP contribution >= 0.6 is 0 Å². The highest BCUT2D eigenvalue weighted by atomic mass is 16.6. The topological polar surface area (TPSA) is 61.8 Å². The van der Waals surface area contributed by atoms with Crippen molar-refractivity contribution in [3.05, 3.63) is 0 Å². The van der Waals surface area contributed by atoms with E-state index in [-0.39, 0.29) is 6.61 Å². The number of likely N-dealkylation sites (tertiary alicyclic amines) is 1. The zero-order valence-electron chi connectivity index (χ0n) is 12.0. The first-order chi connectivity index (χ1) is 8.26. The summed E-state index contributed by atoms with van der Waals surface area (Å²) in [7, 11) is 2.06. The molecule has 1 aliphatic rings. The number of carbonyl (C=O) groups is 1. The molecule has 0 spiro atoms. The van der Waals surface area contributed by atoms with E-state index in [4.69, 9.17) is 4.74 Å². The Morgan fingerprint density at radius 3 is 2.61 bits per heavy atom. The maximum absolute atomic E-state index is 11.8. The van der Waals surface area contributed by atoms with Crippen LogP contribution in [0.3, 0.4) is 0 Å². The van der Waals surface area contributed by atoms with Gasteiger partial charge in [0.05, 0.1) is 12.1 Å². The van der Waals surface area contributed by atoms with E-state index < -0.39 is 17.2 Å². The smallest absolute Gasteiger partial charge is 0.408 e. The van der Waals surface area contributed by atoms with Crippen molar-refractivity contribution in [1.82, 2.24) is 10.2 Å². The van der Waals surface area contributed by atoms with Gasteiger partial charge in [-0.25, -0.2) is 4.79 Å². The van der Waals surface area contributed by atoms with Gasteiger partial charge in [0.25, 0.3) is 0 Å². The highest BCUT2D eigenvalue weighted by Crippen LogP contribution is 2.22. The molecular formula is C13H26N2O3. The molecule has 1 fully saturated rings. The predicted molar refractivity (Wildman–Crippen MR) is 70.5 cm³/mol. The Morgan fingerprint density at radius 2 is 2.06 bits per heavy atom. The van der Waals surface area contributed by atoms with Crippen molar-refractivity contribution >= 4 is 6.09 Å². The second-order valence-corrected chi connectivity index (χ2v) is 6.22. The van der Waals surface area contributed by atoms with E-state index in [1.165, 1.54) is 0 Å². The van der Waals surface area contributed by atoms with E-state index in [2.05, 4.69) is 17.3 Å². The molecule has 18 heavy (non-hydrogen) atoms. The van der Waals surface area contributed by atoms with Gasteiger partial charge in [-0.1, -0.05) is 0 Å². The van der Waals surface area contributed by atoms with Gasteiger partial charge < -0.3 is 20.1 Å². The molecule has 0 aromatic rings. The molecule has 1 saturated heterocycles. The third kappa shape index (κ3) is 4.82. The van der Waals surface area contributed by atoms with Gasteiger partial charge in [0, 0.05) is 6.54 Å². The average molecular weight is 258 g/mol. The van der Waals surface area contributed by atoms with Gasteiger partial charge >= 0.3 is 6.09 Å². The van der Waals surface area contributed by atoms with Crippen LogP contribution < -0.4 is 5.32 Å². The lowest BCUT2D eigenvalue weighted by molar-refractivity contribution is 0.0378. The first-order valence-corrected chi connectivity index (χ1v) is 6.57. The van der Waals surface area contributed by atoms with Crippen LogP contribution in [0.15, 0.2) is 0 Å². The zero-order valence-corrected chi connectivity index (χ0v) is 12.0. The SMILES string of the molecule is CN1CCCC(CO)(NC(=O)OC(C)(C)C)CC1. The number of amides is 1. The summed E-state index contributed by atoms with van der Waals surface area (Å²) in [4.78, 5) is 14.0. The summed E-state index contributed by atoms with van der Waals surface area (Å²) in [6.07, 6.45) is 2.06. The largest absolute Gasteiger partial charge is 0.444 e. The van der Waals surface area contributed by atoms with Gasteiger partial charge in [-0.05, 0) is 53.6 Å². The normalized spacial score (nSPS) is 26.5. The summed E-state index contributed by atoms with van der Waals surface area (Å²) < 4.78 is 5.26. The first kappa shape index (κ1) is 15.2. The number of nitrogens with zero attached hydrogens (tertiary/aromatic N) is 1. The predicted octanol–water partition coefficient (Wildman–Crippen LogP) is 1.36. The Hall–Kier alpha value is -0.810. The van der Waals surface area contributed by atoms with Gasteiger partial charge in [-0.3, -0.25) is 0 Å². The minimum absolute atomic E-state index is 0.0416. The number of hydrogen-bond donors (Lipinski definition) is 2. The van der Waals surface area contributed by atoms with Gasteiger partial charge in [-0.15, -0.1) is 0 Å². The Labute approximate surface area is 109 Å². The minimum atomic E-state index is -0.535. The molecule has 1 unspecified atom stereocenters. The number of ether oxygens (including phenoxy) is 1. The van der Waals surface area contributed by atoms with Crippen LogP contribution in [0.5, 0.6) is 0 Å². The monoisotopic (exact) mass is 258 g/mol. The second-order valence-electron chi connectivity index (χ2n) is 6.22. The zero-order chi connectivity index (χ0) is 13.8. The van der Waals surface area contributed by atoms with Gasteiger partial charge in [0.2, 0.25) is 0 Å². The molecule has 5 nitrogen and oxygen atoms in total. The van der Waals surface area contributed by atoms with Crippen LogP contribution in [0, 0.1) is 0 Å². The summed E-state index contributed by atoms with van der Waals surface area (Å²) in [5.41, 5.74) is -1.05. The number of aliphatic hydroxyl groups is 1. The van der Waals surface area contributed by atoms with Crippen molar-refractivity contribution in [3.63, 3.8) is 0 Å². The molecule has 0 aromatic heterocycles. The van der Waals surface area contributed by atoms with Crippen molar-refractivity contribution in [2.45, 2.75) is 51.2 Å². The van der Waals surface area contributed by atoms with Crippen LogP contribution in [0.1, 0.15) is 40.0 Å². The summed E-state index contributed by atoms with van der Waals surface area (Å²) >= 11 is 0. The fourth-order valence-corrected chi connectivity index (χ4v) is 2.17. The maximum Gasteiger partial charge on any atom is 0.408 e. The summed E-state index contributed by atoms with van der Waals surface area (Å²) in [6.45, 7) is 7.32. The Morgan fingerprint density at radius 1 is 1.39 bits per heavy atom. The van der Waals surface area contributed by atoms with Crippen LogP contribution in [-0.4, -0.2) is 54.0 Å². The van der Waals surface area contributed by atoms with E-state index in [0.717, 1.165) is 32.4 Å². The van der Waals surface area contributed by atoms with Crippen LogP contribution in [0.25, 0.3) is 0 Å². The molecule has 1 heterocycles. The summed E-state index contributed by atoms with van der Waals surface area (Å²) in [5, 5.41) is 12.5. The molecule has 0 aliphatic carbocycles. The molecule has 2 N–H and O–H groups in total. The fraction of sp³-hybridized carbons (Fsp3) is 0.923. The summed E-state index contributed by atoms with van der Waals surface area (Å²) in [6, 6.07) is 0. The van der Waals surface area contributed by atoms with Crippen molar-refractivity contribution < 1.29 is 14.6 Å². The standard InChI is InChI=1S/C13H26N2O3/c1-12(2,3)18-11(17)14-13(10-16)6-5-8-15(4)9-7-13/h16H,5-10H2,1-4H3,(H,14,17). The van der Waals surface area contributed by atoms with E-state index in [1.54, 1.807) is 0 Å². The van der Waals surface area contributed by atoms with E-state index in [0.29, 0.717) is 0 Å². The average Bonchev–Trinajstić information content (AvgIpc) is 2.39. The van der Waals surface area contributed by atoms with Crippen molar-refractivity contribution in [2.24, 2.45) is 0 Å². The molecule has 5 heteroatoms. The molecule has 1 atom stereocenters. The molecule has 0 radical (unpaired) electrons. The summed E-state index contributed by atoms with van der Waals surface area (Å²) in [5.74, 6) is 0. The van der Waals surface area contributed by atoms with Crippen molar-refractivity contribution in [2.75, 3.05) is 26.7 Å². The third-order valence-corrected chi connectivity index (χ3v) is 3.24. The van der Waals surface area contributed by atoms with Crippen molar-refractivity contribution in [1.29, 1.82) is 0 Å². The lowest BCUT2D eigenvalue weighted by Gasteiger charge is -2.33. The quantitative estimate of drug-likeness (QED) is 0.785. The Kier molecular flexibility index (Phi) is 4.99. The molecule has 0 bridgehead atoms. The van der Waals surface area contributed by atoms with Crippen molar-refractivity contribution in [3.8, 4) is 0 Å². The molecule has 1 amide bonds. The highest BCUT2D eigenvalue weighted by molar-refractivity contribution is 5.68. The number of carbonyl (C=O) groups excluding carboxylic acids is 1. The molecular weight excluding hydrogens is 232 g/mol. The van der Waals surface area contributed by atoms with Gasteiger partial charge in [-0.2, -0.15) is 0 Å². The number of alkyl carbamates (subject to hydrolysis) is 1. The van der Waals surface area contributed by atoms with Gasteiger partial charge in [0.15, 0.2) is 0 Å². The fourth-order valence-electron chi connectivity index (χ4n) is 2.17. The van der Waals surface area contributed by atoms with E-state index in [9.17, 15) is 9.90 Å². The highest BCUT2D eigenvalue weighted by Gasteiger charge is 2.34. The Balaban J connectivity index is 2.62. The van der Waals surface area contributed by atoms with E-state index >= 15 is 0 Å². The molecule has 106 valence electrons. The third-order valence-electron chi connectivity index (χ3n) is 3.24. The van der Waals surface area contributed by atoms with E-state index in [1.807, 2.05) is 20.8 Å². The maximum atomic E-state index is 11.8. The van der Waals surface area contributed by atoms with Crippen LogP contribution in [-0.2, 0) is 4.74 Å². The van der Waals surface area contributed by atoms with Crippen LogP contribution in [0.2, 0.25) is 0 Å².